The molecule has 0 radical (unpaired) electrons. The van der Waals surface area contributed by atoms with Crippen LogP contribution in [0.5, 0.6) is 0 Å². The van der Waals surface area contributed by atoms with E-state index in [1.54, 1.807) is 34.4 Å². The topological polar surface area (TPSA) is 25.8 Å². The molecule has 0 fully saturated rings. The maximum Gasteiger partial charge on any atom is 0.174 e. The molecule has 0 spiro atoms. The van der Waals surface area contributed by atoms with Crippen molar-refractivity contribution in [3.8, 4) is 9.88 Å². The van der Waals surface area contributed by atoms with Crippen molar-refractivity contribution >= 4 is 34.4 Å². The van der Waals surface area contributed by atoms with Crippen LogP contribution in [-0.2, 0) is 0 Å². The third-order valence-electron chi connectivity index (χ3n) is 1.31. The summed E-state index contributed by atoms with van der Waals surface area (Å²) in [5.74, 6) is 0. The van der Waals surface area contributed by atoms with Crippen LogP contribution in [0, 0.1) is 0 Å². The van der Waals surface area contributed by atoms with Crippen LogP contribution < -0.4 is 0 Å². The lowest BCUT2D eigenvalue weighted by atomic mass is 10.5. The summed E-state index contributed by atoms with van der Waals surface area (Å²) in [7, 11) is 0. The Balaban J connectivity index is 2.35. The van der Waals surface area contributed by atoms with Crippen LogP contribution in [0.2, 0.25) is 0 Å². The van der Waals surface area contributed by atoms with E-state index in [0.717, 1.165) is 9.35 Å². The molecule has 0 aromatic carbocycles. The molecule has 0 bridgehead atoms. The minimum absolute atomic E-state index is 1.02. The van der Waals surface area contributed by atoms with Crippen molar-refractivity contribution < 1.29 is 0 Å². The molecular formula is C7H6N2S3. The van der Waals surface area contributed by atoms with E-state index in [9.17, 15) is 0 Å². The van der Waals surface area contributed by atoms with Crippen LogP contribution in [0.25, 0.3) is 9.88 Å². The number of rotatable bonds is 2. The third kappa shape index (κ3) is 1.53. The number of hydrogen-bond donors (Lipinski definition) is 0. The van der Waals surface area contributed by atoms with Crippen LogP contribution >= 0.6 is 34.4 Å². The summed E-state index contributed by atoms with van der Waals surface area (Å²) >= 11 is 4.98. The zero-order chi connectivity index (χ0) is 8.39. The predicted molar refractivity (Wildman–Crippen MR) is 55.0 cm³/mol. The molecular weight excluding hydrogens is 208 g/mol. The summed E-state index contributed by atoms with van der Waals surface area (Å²) < 4.78 is 1.03. The Morgan fingerprint density at radius 3 is 2.92 bits per heavy atom. The molecule has 0 amide bonds. The number of aromatic nitrogens is 2. The maximum absolute atomic E-state index is 4.09. The Hall–Kier alpha value is -0.390. The van der Waals surface area contributed by atoms with Gasteiger partial charge in [-0.2, -0.15) is 0 Å². The van der Waals surface area contributed by atoms with E-state index in [1.807, 2.05) is 12.3 Å². The van der Waals surface area contributed by atoms with Crippen LogP contribution in [0.4, 0.5) is 0 Å². The Kier molecular flexibility index (Phi) is 2.43. The second-order valence-corrected chi connectivity index (χ2v) is 5.03. The summed E-state index contributed by atoms with van der Waals surface area (Å²) in [6.45, 7) is 0. The predicted octanol–water partition coefficient (Wildman–Crippen LogP) is 2.99. The van der Waals surface area contributed by atoms with Gasteiger partial charge in [-0.15, -0.1) is 21.5 Å². The minimum atomic E-state index is 1.02. The second-order valence-electron chi connectivity index (χ2n) is 2.05. The van der Waals surface area contributed by atoms with Gasteiger partial charge in [0.25, 0.3) is 0 Å². The molecule has 0 saturated heterocycles. The fourth-order valence-electron chi connectivity index (χ4n) is 0.792. The quantitative estimate of drug-likeness (QED) is 0.719. The molecule has 2 aromatic heterocycles. The lowest BCUT2D eigenvalue weighted by molar-refractivity contribution is 1.02. The molecule has 0 atom stereocenters. The van der Waals surface area contributed by atoms with Gasteiger partial charge in [-0.1, -0.05) is 29.2 Å². The summed E-state index contributed by atoms with van der Waals surface area (Å²) in [6.07, 6.45) is 2.01. The van der Waals surface area contributed by atoms with E-state index in [-0.39, 0.29) is 0 Å². The number of hydrogen-bond acceptors (Lipinski definition) is 5. The van der Waals surface area contributed by atoms with E-state index in [1.165, 1.54) is 4.88 Å². The van der Waals surface area contributed by atoms with Crippen molar-refractivity contribution in [2.75, 3.05) is 6.26 Å². The first-order chi connectivity index (χ1) is 5.90. The van der Waals surface area contributed by atoms with Crippen molar-refractivity contribution in [1.29, 1.82) is 0 Å². The summed E-state index contributed by atoms with van der Waals surface area (Å²) in [5, 5.41) is 11.2. The van der Waals surface area contributed by atoms with E-state index >= 15 is 0 Å². The molecule has 12 heavy (non-hydrogen) atoms. The van der Waals surface area contributed by atoms with Gasteiger partial charge in [0, 0.05) is 0 Å². The number of nitrogens with zero attached hydrogens (tertiary/aromatic N) is 2. The van der Waals surface area contributed by atoms with Gasteiger partial charge >= 0.3 is 0 Å². The highest BCUT2D eigenvalue weighted by molar-refractivity contribution is 8.00. The van der Waals surface area contributed by atoms with Crippen molar-refractivity contribution in [2.24, 2.45) is 0 Å². The van der Waals surface area contributed by atoms with Gasteiger partial charge in [-0.3, -0.25) is 0 Å². The molecule has 62 valence electrons. The standard InChI is InChI=1S/C7H6N2S3/c1-10-7-9-8-6(12-7)5-3-2-4-11-5/h2-4H,1H3. The SMILES string of the molecule is CSc1nnc(-c2cccs2)s1. The van der Waals surface area contributed by atoms with Crippen molar-refractivity contribution in [3.63, 3.8) is 0 Å². The fourth-order valence-corrected chi connectivity index (χ4v) is 2.85. The monoisotopic (exact) mass is 214 g/mol. The van der Waals surface area contributed by atoms with Crippen molar-refractivity contribution in [2.45, 2.75) is 4.34 Å². The largest absolute Gasteiger partial charge is 0.174 e. The van der Waals surface area contributed by atoms with Gasteiger partial charge in [0.2, 0.25) is 0 Å². The van der Waals surface area contributed by atoms with E-state index in [0.29, 0.717) is 0 Å². The lowest BCUT2D eigenvalue weighted by Gasteiger charge is -1.82. The molecule has 0 aliphatic carbocycles. The molecule has 2 nitrogen and oxygen atoms in total. The van der Waals surface area contributed by atoms with E-state index in [4.69, 9.17) is 0 Å². The minimum Gasteiger partial charge on any atom is -0.141 e. The molecule has 2 heterocycles. The maximum atomic E-state index is 4.09. The van der Waals surface area contributed by atoms with Gasteiger partial charge in [0.1, 0.15) is 0 Å². The normalized spacial score (nSPS) is 10.4. The van der Waals surface area contributed by atoms with Gasteiger partial charge in [0.05, 0.1) is 4.88 Å². The Morgan fingerprint density at radius 2 is 2.33 bits per heavy atom. The molecule has 0 aliphatic heterocycles. The van der Waals surface area contributed by atoms with Gasteiger partial charge < -0.3 is 0 Å². The summed E-state index contributed by atoms with van der Waals surface area (Å²) in [6, 6.07) is 4.09. The number of thiophene rings is 1. The van der Waals surface area contributed by atoms with E-state index in [2.05, 4.69) is 21.6 Å². The summed E-state index contributed by atoms with van der Waals surface area (Å²) in [4.78, 5) is 1.20. The highest BCUT2D eigenvalue weighted by Crippen LogP contribution is 2.30. The van der Waals surface area contributed by atoms with Crippen LogP contribution in [0.3, 0.4) is 0 Å². The summed E-state index contributed by atoms with van der Waals surface area (Å²) in [5.41, 5.74) is 0. The smallest absolute Gasteiger partial charge is 0.141 e. The Bertz CT molecular complexity index is 352. The van der Waals surface area contributed by atoms with Crippen LogP contribution in [0.1, 0.15) is 0 Å². The first-order valence-electron chi connectivity index (χ1n) is 3.31. The first-order valence-corrected chi connectivity index (χ1v) is 6.23. The zero-order valence-electron chi connectivity index (χ0n) is 6.35. The van der Waals surface area contributed by atoms with Gasteiger partial charge in [0.15, 0.2) is 9.35 Å². The fraction of sp³-hybridized carbons (Fsp3) is 0.143. The average Bonchev–Trinajstić information content (AvgIpc) is 2.75. The lowest BCUT2D eigenvalue weighted by Crippen LogP contribution is -1.69. The Morgan fingerprint density at radius 1 is 1.42 bits per heavy atom. The van der Waals surface area contributed by atoms with E-state index < -0.39 is 0 Å². The second kappa shape index (κ2) is 3.55. The van der Waals surface area contributed by atoms with Crippen LogP contribution in [-0.4, -0.2) is 16.5 Å². The molecule has 0 unspecified atom stereocenters. The van der Waals surface area contributed by atoms with Crippen molar-refractivity contribution in [3.05, 3.63) is 17.5 Å². The zero-order valence-corrected chi connectivity index (χ0v) is 8.80. The highest BCUT2D eigenvalue weighted by Gasteiger charge is 2.05. The first kappa shape index (κ1) is 8.22. The molecule has 0 saturated carbocycles. The third-order valence-corrected chi connectivity index (χ3v) is 4.25. The molecule has 2 rings (SSSR count). The molecule has 2 aromatic rings. The van der Waals surface area contributed by atoms with Crippen LogP contribution in [0.15, 0.2) is 21.9 Å². The van der Waals surface area contributed by atoms with Gasteiger partial charge in [-0.25, -0.2) is 0 Å². The highest BCUT2D eigenvalue weighted by atomic mass is 32.2. The molecule has 0 aliphatic rings. The Labute approximate surface area is 82.7 Å². The molecule has 0 N–H and O–H groups in total. The average molecular weight is 214 g/mol. The molecule has 5 heteroatoms. The van der Waals surface area contributed by atoms with Gasteiger partial charge in [-0.05, 0) is 17.7 Å². The number of thioether (sulfide) groups is 1. The van der Waals surface area contributed by atoms with Crippen molar-refractivity contribution in [1.82, 2.24) is 10.2 Å².